The molecule has 120 valence electrons. The highest BCUT2D eigenvalue weighted by Crippen LogP contribution is 2.23. The summed E-state index contributed by atoms with van der Waals surface area (Å²) in [5.74, 6) is -0.926. The molecule has 0 bridgehead atoms. The lowest BCUT2D eigenvalue weighted by Gasteiger charge is -2.40. The first-order chi connectivity index (χ1) is 9.99. The molecule has 0 radical (unpaired) electrons. The van der Waals surface area contributed by atoms with Crippen molar-refractivity contribution in [2.24, 2.45) is 0 Å². The third-order valence-electron chi connectivity index (χ3n) is 4.30. The van der Waals surface area contributed by atoms with Crippen molar-refractivity contribution in [3.63, 3.8) is 0 Å². The van der Waals surface area contributed by atoms with E-state index in [0.717, 1.165) is 25.7 Å². The summed E-state index contributed by atoms with van der Waals surface area (Å²) in [6, 6.07) is -0.299. The molecular formula is C14H24N2O5. The van der Waals surface area contributed by atoms with Crippen molar-refractivity contribution in [1.29, 1.82) is 0 Å². The van der Waals surface area contributed by atoms with Crippen LogP contribution in [0.25, 0.3) is 0 Å². The second-order valence-corrected chi connectivity index (χ2v) is 5.85. The fraction of sp³-hybridized carbons (Fsp3) is 0.857. The van der Waals surface area contributed by atoms with Crippen LogP contribution in [0.1, 0.15) is 32.1 Å². The van der Waals surface area contributed by atoms with Crippen molar-refractivity contribution < 1.29 is 24.5 Å². The van der Waals surface area contributed by atoms with Crippen LogP contribution in [0.15, 0.2) is 0 Å². The number of aliphatic hydroxyl groups excluding tert-OH is 1. The number of carboxylic acids is 1. The Balaban J connectivity index is 1.93. The number of urea groups is 1. The van der Waals surface area contributed by atoms with E-state index >= 15 is 0 Å². The third kappa shape index (κ3) is 4.07. The average Bonchev–Trinajstić information content (AvgIpc) is 2.46. The van der Waals surface area contributed by atoms with Crippen LogP contribution < -0.4 is 0 Å². The first kappa shape index (κ1) is 16.0. The van der Waals surface area contributed by atoms with Gasteiger partial charge in [-0.3, -0.25) is 4.79 Å². The normalized spacial score (nSPS) is 30.0. The van der Waals surface area contributed by atoms with Gasteiger partial charge >= 0.3 is 12.0 Å². The van der Waals surface area contributed by atoms with Gasteiger partial charge in [0.2, 0.25) is 0 Å². The van der Waals surface area contributed by atoms with E-state index in [1.54, 1.807) is 16.8 Å². The number of morpholine rings is 1. The Bertz CT molecular complexity index is 390. The SMILES string of the molecule is CN(C(=O)N1CCOC(CC(=O)O)C1)C1CCCCC1O. The van der Waals surface area contributed by atoms with Gasteiger partial charge in [-0.15, -0.1) is 0 Å². The highest BCUT2D eigenvalue weighted by atomic mass is 16.5. The quantitative estimate of drug-likeness (QED) is 0.793. The third-order valence-corrected chi connectivity index (χ3v) is 4.30. The second kappa shape index (κ2) is 7.09. The summed E-state index contributed by atoms with van der Waals surface area (Å²) in [4.78, 5) is 26.5. The molecule has 2 fully saturated rings. The smallest absolute Gasteiger partial charge is 0.320 e. The molecule has 1 aliphatic carbocycles. The topological polar surface area (TPSA) is 90.3 Å². The minimum absolute atomic E-state index is 0.0977. The molecule has 7 heteroatoms. The number of likely N-dealkylation sites (N-methyl/N-ethyl adjacent to an activating group) is 1. The maximum Gasteiger partial charge on any atom is 0.320 e. The van der Waals surface area contributed by atoms with Gasteiger partial charge < -0.3 is 24.7 Å². The zero-order valence-electron chi connectivity index (χ0n) is 12.4. The number of carbonyl (C=O) groups excluding carboxylic acids is 1. The standard InChI is InChI=1S/C14H24N2O5/c1-15(11-4-2-3-5-12(11)17)14(20)16-6-7-21-10(9-16)8-13(18)19/h10-12,17H,2-9H2,1H3,(H,18,19). The molecule has 3 unspecified atom stereocenters. The van der Waals surface area contributed by atoms with Crippen molar-refractivity contribution in [1.82, 2.24) is 9.80 Å². The number of hydrogen-bond acceptors (Lipinski definition) is 4. The molecule has 1 saturated heterocycles. The maximum absolute atomic E-state index is 12.5. The van der Waals surface area contributed by atoms with E-state index in [4.69, 9.17) is 9.84 Å². The van der Waals surface area contributed by atoms with Gasteiger partial charge in [-0.05, 0) is 12.8 Å². The molecule has 1 heterocycles. The molecule has 2 amide bonds. The number of aliphatic carboxylic acids is 1. The maximum atomic E-state index is 12.5. The Morgan fingerprint density at radius 3 is 2.71 bits per heavy atom. The van der Waals surface area contributed by atoms with Crippen molar-refractivity contribution >= 4 is 12.0 Å². The summed E-state index contributed by atoms with van der Waals surface area (Å²) in [6.07, 6.45) is 2.54. The van der Waals surface area contributed by atoms with Crippen LogP contribution in [-0.4, -0.2) is 77.0 Å². The Labute approximate surface area is 124 Å². The van der Waals surface area contributed by atoms with Crippen molar-refractivity contribution in [2.75, 3.05) is 26.7 Å². The average molecular weight is 300 g/mol. The number of rotatable bonds is 3. The van der Waals surface area contributed by atoms with Crippen LogP contribution in [0, 0.1) is 0 Å². The summed E-state index contributed by atoms with van der Waals surface area (Å²) in [5.41, 5.74) is 0. The van der Waals surface area contributed by atoms with Crippen LogP contribution in [0.3, 0.4) is 0 Å². The molecule has 2 aliphatic rings. The number of carboxylic acid groups (broad SMARTS) is 1. The van der Waals surface area contributed by atoms with Crippen molar-refractivity contribution in [2.45, 2.75) is 50.4 Å². The highest BCUT2D eigenvalue weighted by molar-refractivity contribution is 5.75. The Hall–Kier alpha value is -1.34. The van der Waals surface area contributed by atoms with E-state index < -0.39 is 18.2 Å². The summed E-state index contributed by atoms with van der Waals surface area (Å²) in [6.45, 7) is 1.10. The van der Waals surface area contributed by atoms with Gasteiger partial charge in [-0.25, -0.2) is 4.79 Å². The molecule has 0 aromatic carbocycles. The molecule has 1 aliphatic heterocycles. The molecular weight excluding hydrogens is 276 g/mol. The molecule has 1 saturated carbocycles. The number of hydrogen-bond donors (Lipinski definition) is 2. The predicted octanol–water partition coefficient (Wildman–Crippen LogP) is 0.517. The van der Waals surface area contributed by atoms with Crippen LogP contribution in [0.4, 0.5) is 4.79 Å². The lowest BCUT2D eigenvalue weighted by molar-refractivity contribution is -0.141. The molecule has 0 aromatic heterocycles. The largest absolute Gasteiger partial charge is 0.481 e. The fourth-order valence-corrected chi connectivity index (χ4v) is 3.12. The van der Waals surface area contributed by atoms with Gasteiger partial charge in [-0.1, -0.05) is 12.8 Å². The first-order valence-corrected chi connectivity index (χ1v) is 7.52. The molecule has 2 N–H and O–H groups in total. The zero-order valence-corrected chi connectivity index (χ0v) is 12.4. The number of nitrogens with zero attached hydrogens (tertiary/aromatic N) is 2. The molecule has 3 atom stereocenters. The van der Waals surface area contributed by atoms with E-state index in [-0.39, 0.29) is 25.0 Å². The molecule has 21 heavy (non-hydrogen) atoms. The number of carbonyl (C=O) groups is 2. The van der Waals surface area contributed by atoms with E-state index in [1.807, 2.05) is 0 Å². The van der Waals surface area contributed by atoms with E-state index in [1.165, 1.54) is 0 Å². The van der Waals surface area contributed by atoms with Gasteiger partial charge in [0, 0.05) is 20.1 Å². The Morgan fingerprint density at radius 2 is 2.05 bits per heavy atom. The van der Waals surface area contributed by atoms with Crippen LogP contribution in [0.5, 0.6) is 0 Å². The number of aliphatic hydroxyl groups is 1. The van der Waals surface area contributed by atoms with Gasteiger partial charge in [0.25, 0.3) is 0 Å². The summed E-state index contributed by atoms with van der Waals surface area (Å²) >= 11 is 0. The Kier molecular flexibility index (Phi) is 5.41. The van der Waals surface area contributed by atoms with Crippen molar-refractivity contribution in [3.05, 3.63) is 0 Å². The lowest BCUT2D eigenvalue weighted by Crippen LogP contribution is -2.55. The lowest BCUT2D eigenvalue weighted by atomic mass is 9.92. The fourth-order valence-electron chi connectivity index (χ4n) is 3.12. The minimum atomic E-state index is -0.926. The first-order valence-electron chi connectivity index (χ1n) is 7.52. The van der Waals surface area contributed by atoms with Gasteiger partial charge in [0.05, 0.1) is 31.3 Å². The molecule has 2 rings (SSSR count). The van der Waals surface area contributed by atoms with Gasteiger partial charge in [-0.2, -0.15) is 0 Å². The molecule has 0 aromatic rings. The summed E-state index contributed by atoms with van der Waals surface area (Å²) in [5, 5.41) is 18.9. The molecule has 7 nitrogen and oxygen atoms in total. The van der Waals surface area contributed by atoms with E-state index in [2.05, 4.69) is 0 Å². The number of ether oxygens (including phenoxy) is 1. The van der Waals surface area contributed by atoms with Crippen molar-refractivity contribution in [3.8, 4) is 0 Å². The van der Waals surface area contributed by atoms with Gasteiger partial charge in [0.1, 0.15) is 0 Å². The minimum Gasteiger partial charge on any atom is -0.481 e. The van der Waals surface area contributed by atoms with E-state index in [9.17, 15) is 14.7 Å². The second-order valence-electron chi connectivity index (χ2n) is 5.85. The zero-order chi connectivity index (χ0) is 15.4. The van der Waals surface area contributed by atoms with Crippen LogP contribution >= 0.6 is 0 Å². The molecule has 0 spiro atoms. The number of amides is 2. The Morgan fingerprint density at radius 1 is 1.33 bits per heavy atom. The summed E-state index contributed by atoms with van der Waals surface area (Å²) < 4.78 is 5.37. The highest BCUT2D eigenvalue weighted by Gasteiger charge is 2.33. The monoisotopic (exact) mass is 300 g/mol. The van der Waals surface area contributed by atoms with Gasteiger partial charge in [0.15, 0.2) is 0 Å². The van der Waals surface area contributed by atoms with Crippen LogP contribution in [0.2, 0.25) is 0 Å². The van der Waals surface area contributed by atoms with E-state index in [0.29, 0.717) is 13.2 Å². The van der Waals surface area contributed by atoms with Crippen LogP contribution in [-0.2, 0) is 9.53 Å². The summed E-state index contributed by atoms with van der Waals surface area (Å²) in [7, 11) is 1.71. The predicted molar refractivity (Wildman–Crippen MR) is 75.0 cm³/mol.